The molecule has 15 heavy (non-hydrogen) atoms. The van der Waals surface area contributed by atoms with E-state index in [-0.39, 0.29) is 10.5 Å². The van der Waals surface area contributed by atoms with Crippen LogP contribution >= 0.6 is 0 Å². The number of hydrogen-bond acceptors (Lipinski definition) is 4. The van der Waals surface area contributed by atoms with E-state index in [9.17, 15) is 13.2 Å². The van der Waals surface area contributed by atoms with Crippen LogP contribution in [-0.2, 0) is 14.9 Å². The van der Waals surface area contributed by atoms with Crippen molar-refractivity contribution < 1.29 is 23.2 Å². The SMILES string of the molecule is CONS(=O)(=O)c1ccc(C(=O)O)cc1. The second kappa shape index (κ2) is 4.39. The number of benzene rings is 1. The van der Waals surface area contributed by atoms with E-state index >= 15 is 0 Å². The van der Waals surface area contributed by atoms with Gasteiger partial charge in [0.15, 0.2) is 0 Å². The monoisotopic (exact) mass is 231 g/mol. The quantitative estimate of drug-likeness (QED) is 0.723. The fourth-order valence-electron chi connectivity index (χ4n) is 0.934. The summed E-state index contributed by atoms with van der Waals surface area (Å²) in [5.41, 5.74) is 0.0198. The highest BCUT2D eigenvalue weighted by atomic mass is 32.2. The minimum Gasteiger partial charge on any atom is -0.478 e. The van der Waals surface area contributed by atoms with Gasteiger partial charge in [0.05, 0.1) is 17.6 Å². The van der Waals surface area contributed by atoms with Crippen molar-refractivity contribution in [3.8, 4) is 0 Å². The third-order valence-corrected chi connectivity index (χ3v) is 2.88. The lowest BCUT2D eigenvalue weighted by Crippen LogP contribution is -2.22. The third-order valence-electron chi connectivity index (χ3n) is 1.60. The van der Waals surface area contributed by atoms with Crippen molar-refractivity contribution in [3.05, 3.63) is 29.8 Å². The van der Waals surface area contributed by atoms with Crippen molar-refractivity contribution in [1.82, 2.24) is 4.89 Å². The van der Waals surface area contributed by atoms with E-state index in [1.165, 1.54) is 31.4 Å². The lowest BCUT2D eigenvalue weighted by atomic mass is 10.2. The molecule has 0 aliphatic carbocycles. The van der Waals surface area contributed by atoms with Gasteiger partial charge in [0.2, 0.25) is 0 Å². The number of hydrogen-bond donors (Lipinski definition) is 2. The summed E-state index contributed by atoms with van der Waals surface area (Å²) in [6, 6.07) is 4.77. The number of sulfonamides is 1. The van der Waals surface area contributed by atoms with Crippen molar-refractivity contribution >= 4 is 16.0 Å². The molecular formula is C8H9NO5S. The molecule has 0 aliphatic rings. The lowest BCUT2D eigenvalue weighted by Gasteiger charge is -2.03. The smallest absolute Gasteiger partial charge is 0.335 e. The van der Waals surface area contributed by atoms with Gasteiger partial charge in [-0.3, -0.25) is 4.84 Å². The first-order valence-electron chi connectivity index (χ1n) is 3.85. The van der Waals surface area contributed by atoms with Crippen LogP contribution in [0.3, 0.4) is 0 Å². The van der Waals surface area contributed by atoms with Gasteiger partial charge in [-0.25, -0.2) is 13.2 Å². The molecule has 1 rings (SSSR count). The summed E-state index contributed by atoms with van der Waals surface area (Å²) < 4.78 is 22.7. The molecule has 0 spiro atoms. The molecule has 7 heteroatoms. The minimum absolute atomic E-state index is 0.0198. The molecule has 82 valence electrons. The summed E-state index contributed by atoms with van der Waals surface area (Å²) in [6.07, 6.45) is 0. The molecule has 1 aromatic rings. The Morgan fingerprint density at radius 2 is 1.87 bits per heavy atom. The highest BCUT2D eigenvalue weighted by Gasteiger charge is 2.13. The Balaban J connectivity index is 3.04. The first-order chi connectivity index (χ1) is 6.97. The molecule has 2 N–H and O–H groups in total. The van der Waals surface area contributed by atoms with Gasteiger partial charge in [0.1, 0.15) is 0 Å². The first kappa shape index (κ1) is 11.6. The molecule has 0 heterocycles. The van der Waals surface area contributed by atoms with Crippen molar-refractivity contribution in [2.24, 2.45) is 0 Å². The number of carboxylic acid groups (broad SMARTS) is 1. The Morgan fingerprint density at radius 1 is 1.33 bits per heavy atom. The molecule has 0 saturated carbocycles. The second-order valence-electron chi connectivity index (χ2n) is 2.62. The molecule has 0 aromatic heterocycles. The zero-order valence-corrected chi connectivity index (χ0v) is 8.61. The predicted molar refractivity (Wildman–Crippen MR) is 50.7 cm³/mol. The number of nitrogens with one attached hydrogen (secondary N) is 1. The highest BCUT2D eigenvalue weighted by molar-refractivity contribution is 7.89. The van der Waals surface area contributed by atoms with Gasteiger partial charge in [-0.15, -0.1) is 0 Å². The first-order valence-corrected chi connectivity index (χ1v) is 5.34. The minimum atomic E-state index is -3.72. The van der Waals surface area contributed by atoms with Crippen LogP contribution < -0.4 is 4.89 Å². The van der Waals surface area contributed by atoms with Gasteiger partial charge in [-0.05, 0) is 24.3 Å². The van der Waals surface area contributed by atoms with E-state index in [4.69, 9.17) is 5.11 Å². The molecule has 0 radical (unpaired) electrons. The molecule has 6 nitrogen and oxygen atoms in total. The van der Waals surface area contributed by atoms with Gasteiger partial charge in [0, 0.05) is 0 Å². The van der Waals surface area contributed by atoms with Crippen molar-refractivity contribution in [1.29, 1.82) is 0 Å². The molecule has 0 saturated heterocycles. The van der Waals surface area contributed by atoms with E-state index in [0.717, 1.165) is 0 Å². The third kappa shape index (κ3) is 2.75. The Labute approximate surface area is 86.5 Å². The lowest BCUT2D eigenvalue weighted by molar-refractivity contribution is 0.0696. The molecule has 0 atom stereocenters. The van der Waals surface area contributed by atoms with Gasteiger partial charge < -0.3 is 5.11 Å². The van der Waals surface area contributed by atoms with Crippen LogP contribution in [-0.4, -0.2) is 26.6 Å². The molecule has 0 amide bonds. The summed E-state index contributed by atoms with van der Waals surface area (Å²) in [5, 5.41) is 8.59. The van der Waals surface area contributed by atoms with E-state index in [0.29, 0.717) is 0 Å². The van der Waals surface area contributed by atoms with Crippen molar-refractivity contribution in [2.45, 2.75) is 4.90 Å². The molecule has 1 aromatic carbocycles. The molecule has 0 bridgehead atoms. The van der Waals surface area contributed by atoms with Crippen LogP contribution in [0.4, 0.5) is 0 Å². The number of carboxylic acids is 1. The second-order valence-corrected chi connectivity index (χ2v) is 4.27. The van der Waals surface area contributed by atoms with E-state index in [2.05, 4.69) is 4.84 Å². The summed E-state index contributed by atoms with van der Waals surface area (Å²) in [5.74, 6) is -1.11. The Kier molecular flexibility index (Phi) is 3.40. The molecule has 0 aliphatic heterocycles. The van der Waals surface area contributed by atoms with Crippen molar-refractivity contribution in [3.63, 3.8) is 0 Å². The number of carbonyl (C=O) groups is 1. The van der Waals surface area contributed by atoms with Gasteiger partial charge in [-0.1, -0.05) is 4.89 Å². The van der Waals surface area contributed by atoms with E-state index in [1.54, 1.807) is 0 Å². The summed E-state index contributed by atoms with van der Waals surface area (Å²) in [6.45, 7) is 0. The largest absolute Gasteiger partial charge is 0.478 e. The Bertz CT molecular complexity index is 450. The predicted octanol–water partition coefficient (Wildman–Crippen LogP) is 0.224. The van der Waals surface area contributed by atoms with Crippen molar-refractivity contribution in [2.75, 3.05) is 7.11 Å². The number of aromatic carboxylic acids is 1. The molecule has 0 unspecified atom stereocenters. The Morgan fingerprint density at radius 3 is 2.27 bits per heavy atom. The maximum atomic E-state index is 11.3. The van der Waals surface area contributed by atoms with Gasteiger partial charge in [-0.2, -0.15) is 0 Å². The average Bonchev–Trinajstić information content (AvgIpc) is 2.18. The fraction of sp³-hybridized carbons (Fsp3) is 0.125. The topological polar surface area (TPSA) is 92.7 Å². The van der Waals surface area contributed by atoms with Crippen LogP contribution in [0.1, 0.15) is 10.4 Å². The van der Waals surface area contributed by atoms with Gasteiger partial charge >= 0.3 is 5.97 Å². The standard InChI is InChI=1S/C8H9NO5S/c1-14-9-15(12,13)7-4-2-6(3-5-7)8(10)11/h2-5,9H,1H3,(H,10,11). The highest BCUT2D eigenvalue weighted by Crippen LogP contribution is 2.10. The van der Waals surface area contributed by atoms with Crippen LogP contribution in [0.25, 0.3) is 0 Å². The fourth-order valence-corrected chi connectivity index (χ4v) is 1.74. The number of rotatable bonds is 4. The van der Waals surface area contributed by atoms with E-state index < -0.39 is 16.0 Å². The zero-order chi connectivity index (χ0) is 11.5. The average molecular weight is 231 g/mol. The molecular weight excluding hydrogens is 222 g/mol. The maximum Gasteiger partial charge on any atom is 0.335 e. The van der Waals surface area contributed by atoms with Crippen LogP contribution in [0.15, 0.2) is 29.2 Å². The maximum absolute atomic E-state index is 11.3. The van der Waals surface area contributed by atoms with E-state index in [1.807, 2.05) is 4.89 Å². The summed E-state index contributed by atoms with van der Waals surface area (Å²) in [7, 11) is -2.55. The normalized spacial score (nSPS) is 11.3. The summed E-state index contributed by atoms with van der Waals surface area (Å²) >= 11 is 0. The van der Waals surface area contributed by atoms with Crippen LogP contribution in [0.2, 0.25) is 0 Å². The Hall–Kier alpha value is -1.44. The van der Waals surface area contributed by atoms with Crippen LogP contribution in [0.5, 0.6) is 0 Å². The zero-order valence-electron chi connectivity index (χ0n) is 7.80. The van der Waals surface area contributed by atoms with Gasteiger partial charge in [0.25, 0.3) is 10.0 Å². The summed E-state index contributed by atoms with van der Waals surface area (Å²) in [4.78, 5) is 16.5. The van der Waals surface area contributed by atoms with Crippen LogP contribution in [0, 0.1) is 0 Å². The molecule has 0 fully saturated rings.